The number of aliphatic hydroxyl groups is 1. The monoisotopic (exact) mass is 393 g/mol. The standard InChI is InChI=1S/C20H16FN5O3/c21-11-2-1-3-12(8-11)26-23-16-5-4-15-18(19(16)24-26)14(20(28)29)9-17(22-15)25-7-6-13(27)10-25/h1-5,8-9,13,27H,6-7,10H2,(H,28,29)/t13-/m0/s1. The molecule has 146 valence electrons. The number of hydrogen-bond acceptors (Lipinski definition) is 6. The Balaban J connectivity index is 1.72. The third-order valence-electron chi connectivity index (χ3n) is 5.07. The summed E-state index contributed by atoms with van der Waals surface area (Å²) in [7, 11) is 0. The van der Waals surface area contributed by atoms with Crippen molar-refractivity contribution >= 4 is 33.7 Å². The molecule has 0 aliphatic carbocycles. The van der Waals surface area contributed by atoms with E-state index in [1.54, 1.807) is 24.3 Å². The molecule has 0 bridgehead atoms. The second-order valence-electron chi connectivity index (χ2n) is 7.02. The van der Waals surface area contributed by atoms with Crippen molar-refractivity contribution in [3.8, 4) is 5.69 Å². The molecule has 5 rings (SSSR count). The molecule has 0 spiro atoms. The van der Waals surface area contributed by atoms with Crippen LogP contribution < -0.4 is 4.90 Å². The summed E-state index contributed by atoms with van der Waals surface area (Å²) in [6, 6.07) is 10.8. The minimum Gasteiger partial charge on any atom is -0.478 e. The van der Waals surface area contributed by atoms with E-state index in [1.807, 2.05) is 4.90 Å². The second kappa shape index (κ2) is 6.49. The molecule has 0 amide bonds. The van der Waals surface area contributed by atoms with Crippen LogP contribution in [0.1, 0.15) is 16.8 Å². The van der Waals surface area contributed by atoms with Crippen LogP contribution in [0.25, 0.3) is 27.6 Å². The lowest BCUT2D eigenvalue weighted by atomic mass is 10.1. The molecule has 2 N–H and O–H groups in total. The number of nitrogens with zero attached hydrogens (tertiary/aromatic N) is 5. The Morgan fingerprint density at radius 2 is 1.97 bits per heavy atom. The molecule has 29 heavy (non-hydrogen) atoms. The molecular formula is C20H16FN5O3. The van der Waals surface area contributed by atoms with Crippen LogP contribution >= 0.6 is 0 Å². The molecule has 1 fully saturated rings. The molecule has 0 unspecified atom stereocenters. The van der Waals surface area contributed by atoms with Crippen LogP contribution in [0.5, 0.6) is 0 Å². The first kappa shape index (κ1) is 17.5. The summed E-state index contributed by atoms with van der Waals surface area (Å²) in [5, 5.41) is 28.8. The summed E-state index contributed by atoms with van der Waals surface area (Å²) < 4.78 is 13.6. The van der Waals surface area contributed by atoms with Gasteiger partial charge in [0.15, 0.2) is 0 Å². The van der Waals surface area contributed by atoms with Gasteiger partial charge in [0.25, 0.3) is 0 Å². The van der Waals surface area contributed by atoms with Crippen LogP contribution in [0.3, 0.4) is 0 Å². The topological polar surface area (TPSA) is 104 Å². The zero-order valence-electron chi connectivity index (χ0n) is 15.2. The Morgan fingerprint density at radius 3 is 2.69 bits per heavy atom. The van der Waals surface area contributed by atoms with Gasteiger partial charge in [-0.3, -0.25) is 0 Å². The summed E-state index contributed by atoms with van der Waals surface area (Å²) in [4.78, 5) is 19.8. The van der Waals surface area contributed by atoms with Crippen molar-refractivity contribution in [3.05, 3.63) is 53.8 Å². The minimum atomic E-state index is -1.11. The molecular weight excluding hydrogens is 377 g/mol. The minimum absolute atomic E-state index is 0.0586. The van der Waals surface area contributed by atoms with E-state index >= 15 is 0 Å². The third-order valence-corrected chi connectivity index (χ3v) is 5.07. The van der Waals surface area contributed by atoms with Gasteiger partial charge in [0, 0.05) is 24.5 Å². The number of pyridine rings is 1. The van der Waals surface area contributed by atoms with Crippen molar-refractivity contribution in [3.63, 3.8) is 0 Å². The summed E-state index contributed by atoms with van der Waals surface area (Å²) in [5.74, 6) is -1.02. The number of carboxylic acids is 1. The van der Waals surface area contributed by atoms with Gasteiger partial charge < -0.3 is 15.1 Å². The fraction of sp³-hybridized carbons (Fsp3) is 0.200. The number of aromatic carboxylic acids is 1. The van der Waals surface area contributed by atoms with Gasteiger partial charge in [0.1, 0.15) is 22.7 Å². The van der Waals surface area contributed by atoms with Crippen molar-refractivity contribution in [2.45, 2.75) is 12.5 Å². The highest BCUT2D eigenvalue weighted by molar-refractivity contribution is 6.13. The van der Waals surface area contributed by atoms with E-state index < -0.39 is 17.9 Å². The number of anilines is 1. The number of β-amino-alcohol motifs (C(OH)–C–C–N with tert-alkyl or cyclic N) is 1. The molecule has 0 radical (unpaired) electrons. The smallest absolute Gasteiger partial charge is 0.336 e. The number of aliphatic hydroxyl groups excluding tert-OH is 1. The molecule has 1 saturated heterocycles. The van der Waals surface area contributed by atoms with E-state index in [9.17, 15) is 19.4 Å². The van der Waals surface area contributed by atoms with Gasteiger partial charge in [0.2, 0.25) is 0 Å². The molecule has 2 aromatic heterocycles. The predicted octanol–water partition coefficient (Wildman–Crippen LogP) is 2.38. The highest BCUT2D eigenvalue weighted by atomic mass is 19.1. The first-order valence-electron chi connectivity index (χ1n) is 9.12. The number of aromatic nitrogens is 4. The Labute approximate surface area is 163 Å². The van der Waals surface area contributed by atoms with Crippen molar-refractivity contribution in [1.29, 1.82) is 0 Å². The summed E-state index contributed by atoms with van der Waals surface area (Å²) in [6.07, 6.45) is 0.165. The van der Waals surface area contributed by atoms with Gasteiger partial charge >= 0.3 is 5.97 Å². The molecule has 1 atom stereocenters. The van der Waals surface area contributed by atoms with E-state index in [2.05, 4.69) is 15.2 Å². The second-order valence-corrected chi connectivity index (χ2v) is 7.02. The average molecular weight is 393 g/mol. The fourth-order valence-corrected chi connectivity index (χ4v) is 3.68. The van der Waals surface area contributed by atoms with Crippen LogP contribution in [0.2, 0.25) is 0 Å². The van der Waals surface area contributed by atoms with E-state index in [1.165, 1.54) is 23.0 Å². The molecule has 1 aliphatic heterocycles. The van der Waals surface area contributed by atoms with Crippen LogP contribution in [0, 0.1) is 5.82 Å². The van der Waals surface area contributed by atoms with Gasteiger partial charge in [0.05, 0.1) is 22.9 Å². The summed E-state index contributed by atoms with van der Waals surface area (Å²) in [6.45, 7) is 1.02. The first-order valence-corrected chi connectivity index (χ1v) is 9.12. The maximum atomic E-state index is 13.6. The summed E-state index contributed by atoms with van der Waals surface area (Å²) in [5.41, 5.74) is 1.82. The van der Waals surface area contributed by atoms with E-state index in [0.717, 1.165) is 0 Å². The molecule has 3 heterocycles. The maximum absolute atomic E-state index is 13.6. The normalized spacial score (nSPS) is 16.8. The first-order chi connectivity index (χ1) is 14.0. The molecule has 0 saturated carbocycles. The predicted molar refractivity (Wildman–Crippen MR) is 104 cm³/mol. The quantitative estimate of drug-likeness (QED) is 0.551. The van der Waals surface area contributed by atoms with E-state index in [4.69, 9.17) is 0 Å². The van der Waals surface area contributed by atoms with Gasteiger partial charge in [-0.25, -0.2) is 14.2 Å². The van der Waals surface area contributed by atoms with Crippen LogP contribution in [0.4, 0.5) is 10.2 Å². The Morgan fingerprint density at radius 1 is 1.14 bits per heavy atom. The van der Waals surface area contributed by atoms with Crippen LogP contribution in [0.15, 0.2) is 42.5 Å². The van der Waals surface area contributed by atoms with E-state index in [0.29, 0.717) is 53.0 Å². The molecule has 4 aromatic rings. The highest BCUT2D eigenvalue weighted by Crippen LogP contribution is 2.30. The Kier molecular flexibility index (Phi) is 3.92. The summed E-state index contributed by atoms with van der Waals surface area (Å²) >= 11 is 0. The molecule has 1 aliphatic rings. The number of carbonyl (C=O) groups is 1. The maximum Gasteiger partial charge on any atom is 0.336 e. The van der Waals surface area contributed by atoms with Crippen molar-refractivity contribution in [2.24, 2.45) is 0 Å². The highest BCUT2D eigenvalue weighted by Gasteiger charge is 2.24. The molecule has 2 aromatic carbocycles. The van der Waals surface area contributed by atoms with Crippen molar-refractivity contribution < 1.29 is 19.4 Å². The van der Waals surface area contributed by atoms with Gasteiger partial charge in [-0.2, -0.15) is 4.80 Å². The van der Waals surface area contributed by atoms with Crippen LogP contribution in [-0.2, 0) is 0 Å². The zero-order valence-corrected chi connectivity index (χ0v) is 15.2. The number of benzene rings is 2. The lowest BCUT2D eigenvalue weighted by Crippen LogP contribution is -2.22. The SMILES string of the molecule is O=C(O)c1cc(N2CC[C@H](O)C2)nc2ccc3nn(-c4cccc(F)c4)nc3c12. The van der Waals surface area contributed by atoms with Gasteiger partial charge in [-0.1, -0.05) is 6.07 Å². The van der Waals surface area contributed by atoms with E-state index in [-0.39, 0.29) is 5.56 Å². The number of hydrogen-bond donors (Lipinski definition) is 2. The fourth-order valence-electron chi connectivity index (χ4n) is 3.68. The van der Waals surface area contributed by atoms with Crippen LogP contribution in [-0.4, -0.2) is 55.4 Å². The number of carboxylic acid groups (broad SMARTS) is 1. The largest absolute Gasteiger partial charge is 0.478 e. The van der Waals surface area contributed by atoms with Gasteiger partial charge in [-0.05, 0) is 36.8 Å². The number of halogens is 1. The number of fused-ring (bicyclic) bond motifs is 3. The van der Waals surface area contributed by atoms with Crippen molar-refractivity contribution in [1.82, 2.24) is 20.0 Å². The lowest BCUT2D eigenvalue weighted by molar-refractivity contribution is 0.0699. The zero-order chi connectivity index (χ0) is 20.1. The van der Waals surface area contributed by atoms with Gasteiger partial charge in [-0.15, -0.1) is 10.2 Å². The number of rotatable bonds is 3. The third kappa shape index (κ3) is 2.95. The average Bonchev–Trinajstić information content (AvgIpc) is 3.33. The lowest BCUT2D eigenvalue weighted by Gasteiger charge is -2.18. The Hall–Kier alpha value is -3.59. The van der Waals surface area contributed by atoms with Crippen molar-refractivity contribution in [2.75, 3.05) is 18.0 Å². The molecule has 9 heteroatoms. The Bertz CT molecular complexity index is 1270. The molecule has 8 nitrogen and oxygen atoms in total.